The number of aromatic nitrogens is 1. The molecular weight excluding hydrogens is 256 g/mol. The molecule has 100 valence electrons. The highest BCUT2D eigenvalue weighted by atomic mass is 16.6. The third kappa shape index (κ3) is 3.49. The summed E-state index contributed by atoms with van der Waals surface area (Å²) in [5, 5.41) is 21.3. The summed E-state index contributed by atoms with van der Waals surface area (Å²) in [6.45, 7) is 0. The SMILES string of the molecule is N=C(/C=C\Nc1ccc([N+](=O)[O-])cc1)c1ccccn1. The van der Waals surface area contributed by atoms with Crippen LogP contribution in [0.25, 0.3) is 0 Å². The van der Waals surface area contributed by atoms with Crippen molar-refractivity contribution in [2.75, 3.05) is 5.32 Å². The highest BCUT2D eigenvalue weighted by Crippen LogP contribution is 2.15. The van der Waals surface area contributed by atoms with E-state index in [9.17, 15) is 10.1 Å². The molecule has 0 amide bonds. The van der Waals surface area contributed by atoms with Gasteiger partial charge in [0.05, 0.1) is 16.3 Å². The molecule has 0 saturated heterocycles. The van der Waals surface area contributed by atoms with Crippen molar-refractivity contribution in [3.63, 3.8) is 0 Å². The number of pyridine rings is 1. The predicted molar refractivity (Wildman–Crippen MR) is 76.9 cm³/mol. The van der Waals surface area contributed by atoms with E-state index in [-0.39, 0.29) is 11.4 Å². The molecular formula is C14H12N4O2. The van der Waals surface area contributed by atoms with E-state index < -0.39 is 4.92 Å². The summed E-state index contributed by atoms with van der Waals surface area (Å²) in [4.78, 5) is 14.1. The van der Waals surface area contributed by atoms with Crippen LogP contribution in [0.5, 0.6) is 0 Å². The lowest BCUT2D eigenvalue weighted by atomic mass is 10.2. The second-order valence-electron chi connectivity index (χ2n) is 3.91. The van der Waals surface area contributed by atoms with Gasteiger partial charge in [-0.15, -0.1) is 0 Å². The van der Waals surface area contributed by atoms with Crippen LogP contribution in [-0.2, 0) is 0 Å². The Hall–Kier alpha value is -3.02. The molecule has 0 atom stereocenters. The van der Waals surface area contributed by atoms with Crippen LogP contribution in [0.15, 0.2) is 60.9 Å². The number of allylic oxidation sites excluding steroid dienone is 1. The molecule has 0 saturated carbocycles. The van der Waals surface area contributed by atoms with E-state index >= 15 is 0 Å². The Bertz CT molecular complexity index is 636. The van der Waals surface area contributed by atoms with Gasteiger partial charge in [0.15, 0.2) is 0 Å². The molecule has 0 unspecified atom stereocenters. The van der Waals surface area contributed by atoms with Crippen molar-refractivity contribution in [1.29, 1.82) is 5.41 Å². The Morgan fingerprint density at radius 2 is 2.00 bits per heavy atom. The summed E-state index contributed by atoms with van der Waals surface area (Å²) in [7, 11) is 0. The van der Waals surface area contributed by atoms with Gasteiger partial charge in [-0.3, -0.25) is 20.5 Å². The van der Waals surface area contributed by atoms with Crippen LogP contribution < -0.4 is 5.32 Å². The number of non-ortho nitro benzene ring substituents is 1. The van der Waals surface area contributed by atoms with Crippen LogP contribution in [0.3, 0.4) is 0 Å². The molecule has 0 fully saturated rings. The maximum absolute atomic E-state index is 10.5. The zero-order valence-corrected chi connectivity index (χ0v) is 10.5. The Kier molecular flexibility index (Phi) is 4.18. The van der Waals surface area contributed by atoms with Gasteiger partial charge >= 0.3 is 0 Å². The first-order valence-electron chi connectivity index (χ1n) is 5.84. The minimum Gasteiger partial charge on any atom is -0.362 e. The fraction of sp³-hybridized carbons (Fsp3) is 0. The average molecular weight is 268 g/mol. The van der Waals surface area contributed by atoms with E-state index in [1.165, 1.54) is 12.1 Å². The van der Waals surface area contributed by atoms with E-state index in [1.807, 2.05) is 6.07 Å². The van der Waals surface area contributed by atoms with Gasteiger partial charge < -0.3 is 5.32 Å². The summed E-state index contributed by atoms with van der Waals surface area (Å²) in [5.41, 5.74) is 1.61. The quantitative estimate of drug-likeness (QED) is 0.495. The lowest BCUT2D eigenvalue weighted by Crippen LogP contribution is -1.98. The minimum absolute atomic E-state index is 0.0424. The number of anilines is 1. The number of nitro benzene ring substituents is 1. The fourth-order valence-corrected chi connectivity index (χ4v) is 1.51. The van der Waals surface area contributed by atoms with Crippen molar-refractivity contribution in [3.8, 4) is 0 Å². The average Bonchev–Trinajstić information content (AvgIpc) is 2.48. The van der Waals surface area contributed by atoms with E-state index in [0.717, 1.165) is 0 Å². The molecule has 0 aliphatic carbocycles. The number of nitrogens with one attached hydrogen (secondary N) is 2. The van der Waals surface area contributed by atoms with Crippen LogP contribution in [0.1, 0.15) is 5.69 Å². The molecule has 2 N–H and O–H groups in total. The van der Waals surface area contributed by atoms with E-state index in [1.54, 1.807) is 42.7 Å². The second kappa shape index (κ2) is 6.24. The molecule has 20 heavy (non-hydrogen) atoms. The Morgan fingerprint density at radius 3 is 2.60 bits per heavy atom. The van der Waals surface area contributed by atoms with Gasteiger partial charge in [-0.2, -0.15) is 0 Å². The van der Waals surface area contributed by atoms with Crippen LogP contribution in [0, 0.1) is 15.5 Å². The van der Waals surface area contributed by atoms with Gasteiger partial charge in [0.2, 0.25) is 0 Å². The van der Waals surface area contributed by atoms with Gasteiger partial charge in [-0.25, -0.2) is 0 Å². The molecule has 0 bridgehead atoms. The van der Waals surface area contributed by atoms with Gasteiger partial charge in [0.1, 0.15) is 0 Å². The standard InChI is InChI=1S/C14H12N4O2/c15-13(14-3-1-2-9-17-14)8-10-16-11-4-6-12(7-5-11)18(19)20/h1-10,15-16H/b10-8-,15-13?. The van der Waals surface area contributed by atoms with Crippen molar-refractivity contribution < 1.29 is 4.92 Å². The Balaban J connectivity index is 1.96. The first-order chi connectivity index (χ1) is 9.66. The Morgan fingerprint density at radius 1 is 1.25 bits per heavy atom. The largest absolute Gasteiger partial charge is 0.362 e. The van der Waals surface area contributed by atoms with E-state index in [2.05, 4.69) is 10.3 Å². The monoisotopic (exact) mass is 268 g/mol. The van der Waals surface area contributed by atoms with Gasteiger partial charge in [-0.05, 0) is 30.3 Å². The van der Waals surface area contributed by atoms with Gasteiger partial charge in [0, 0.05) is 30.2 Å². The highest BCUT2D eigenvalue weighted by molar-refractivity contribution is 6.05. The first kappa shape index (κ1) is 13.4. The molecule has 6 heteroatoms. The molecule has 1 aromatic carbocycles. The van der Waals surface area contributed by atoms with Crippen molar-refractivity contribution in [2.24, 2.45) is 0 Å². The fourth-order valence-electron chi connectivity index (χ4n) is 1.51. The van der Waals surface area contributed by atoms with Gasteiger partial charge in [0.25, 0.3) is 5.69 Å². The van der Waals surface area contributed by atoms with E-state index in [0.29, 0.717) is 11.4 Å². The first-order valence-corrected chi connectivity index (χ1v) is 5.84. The van der Waals surface area contributed by atoms with Crippen molar-refractivity contribution >= 4 is 17.1 Å². The lowest BCUT2D eigenvalue weighted by molar-refractivity contribution is -0.384. The van der Waals surface area contributed by atoms with Crippen LogP contribution in [0.2, 0.25) is 0 Å². The molecule has 0 spiro atoms. The summed E-state index contributed by atoms with van der Waals surface area (Å²) < 4.78 is 0. The topological polar surface area (TPSA) is 91.9 Å². The number of hydrogen-bond acceptors (Lipinski definition) is 5. The van der Waals surface area contributed by atoms with Crippen molar-refractivity contribution in [2.45, 2.75) is 0 Å². The Labute approximate surface area is 115 Å². The predicted octanol–water partition coefficient (Wildman–Crippen LogP) is 2.98. The summed E-state index contributed by atoms with van der Waals surface area (Å²) in [6, 6.07) is 11.4. The van der Waals surface area contributed by atoms with Crippen LogP contribution >= 0.6 is 0 Å². The summed E-state index contributed by atoms with van der Waals surface area (Å²) >= 11 is 0. The summed E-state index contributed by atoms with van der Waals surface area (Å²) in [6.07, 6.45) is 4.80. The van der Waals surface area contributed by atoms with Crippen molar-refractivity contribution in [3.05, 3.63) is 76.7 Å². The van der Waals surface area contributed by atoms with Crippen molar-refractivity contribution in [1.82, 2.24) is 4.98 Å². The molecule has 0 radical (unpaired) electrons. The molecule has 6 nitrogen and oxygen atoms in total. The third-order valence-corrected chi connectivity index (χ3v) is 2.52. The second-order valence-corrected chi connectivity index (χ2v) is 3.91. The number of benzene rings is 1. The number of rotatable bonds is 5. The third-order valence-electron chi connectivity index (χ3n) is 2.52. The highest BCUT2D eigenvalue weighted by Gasteiger charge is 2.02. The summed E-state index contributed by atoms with van der Waals surface area (Å²) in [5.74, 6) is 0. The molecule has 2 rings (SSSR count). The maximum atomic E-state index is 10.5. The molecule has 0 aliphatic heterocycles. The molecule has 1 heterocycles. The molecule has 2 aromatic rings. The minimum atomic E-state index is -0.448. The molecule has 0 aliphatic rings. The smallest absolute Gasteiger partial charge is 0.269 e. The van der Waals surface area contributed by atoms with Gasteiger partial charge in [-0.1, -0.05) is 6.07 Å². The lowest BCUT2D eigenvalue weighted by Gasteiger charge is -2.00. The van der Waals surface area contributed by atoms with E-state index in [4.69, 9.17) is 5.41 Å². The number of hydrogen-bond donors (Lipinski definition) is 2. The maximum Gasteiger partial charge on any atom is 0.269 e. The van der Waals surface area contributed by atoms with Crippen LogP contribution in [0.4, 0.5) is 11.4 Å². The zero-order valence-electron chi connectivity index (χ0n) is 10.5. The van der Waals surface area contributed by atoms with Crippen LogP contribution in [-0.4, -0.2) is 15.6 Å². The zero-order chi connectivity index (χ0) is 14.4. The molecule has 1 aromatic heterocycles. The normalized spacial score (nSPS) is 10.4. The number of nitro groups is 1. The number of nitrogens with zero attached hydrogens (tertiary/aromatic N) is 2.